The van der Waals surface area contributed by atoms with Gasteiger partial charge in [0.2, 0.25) is 0 Å². The Labute approximate surface area is 109 Å². The molecular formula is C12H20N2S2. The molecular weight excluding hydrogens is 236 g/mol. The predicted molar refractivity (Wildman–Crippen MR) is 77.6 cm³/mol. The summed E-state index contributed by atoms with van der Waals surface area (Å²) in [6, 6.07) is 0. The van der Waals surface area contributed by atoms with Crippen LogP contribution in [-0.4, -0.2) is 27.7 Å². The lowest BCUT2D eigenvalue weighted by molar-refractivity contribution is 0.703. The van der Waals surface area contributed by atoms with E-state index in [1.165, 1.54) is 19.3 Å². The second kappa shape index (κ2) is 5.73. The van der Waals surface area contributed by atoms with Crippen LogP contribution >= 0.6 is 24.4 Å². The van der Waals surface area contributed by atoms with Crippen molar-refractivity contribution in [2.75, 3.05) is 37.5 Å². The molecule has 16 heavy (non-hydrogen) atoms. The van der Waals surface area contributed by atoms with Crippen LogP contribution in [0, 0.1) is 9.02 Å². The summed E-state index contributed by atoms with van der Waals surface area (Å²) >= 11 is 10.6. The number of nitrogens with zero attached hydrogens (tertiary/aromatic N) is 2. The summed E-state index contributed by atoms with van der Waals surface area (Å²) in [4.78, 5) is 4.30. The summed E-state index contributed by atoms with van der Waals surface area (Å²) in [5, 5.41) is 0. The summed E-state index contributed by atoms with van der Waals surface area (Å²) < 4.78 is 1.70. The molecule has 4 heteroatoms. The molecule has 0 saturated heterocycles. The van der Waals surface area contributed by atoms with E-state index in [0.717, 1.165) is 26.9 Å². The Morgan fingerprint density at radius 1 is 0.938 bits per heavy atom. The van der Waals surface area contributed by atoms with E-state index in [-0.39, 0.29) is 0 Å². The fraction of sp³-hybridized carbons (Fsp3) is 0.667. The van der Waals surface area contributed by atoms with Crippen LogP contribution in [0.15, 0.2) is 0 Å². The van der Waals surface area contributed by atoms with Gasteiger partial charge in [-0.2, -0.15) is 0 Å². The maximum Gasteiger partial charge on any atom is 0.0834 e. The third-order valence-electron chi connectivity index (χ3n) is 2.79. The van der Waals surface area contributed by atoms with Gasteiger partial charge in [0.1, 0.15) is 0 Å². The molecule has 0 aliphatic carbocycles. The normalized spacial score (nSPS) is 10.8. The van der Waals surface area contributed by atoms with Crippen molar-refractivity contribution in [2.45, 2.75) is 26.2 Å². The van der Waals surface area contributed by atoms with Gasteiger partial charge in [-0.05, 0) is 6.42 Å². The summed E-state index contributed by atoms with van der Waals surface area (Å²) in [6.07, 6.45) is 3.73. The van der Waals surface area contributed by atoms with Gasteiger partial charge in [-0.15, -0.1) is 0 Å². The molecule has 0 aliphatic heterocycles. The average Bonchev–Trinajstić information content (AvgIpc) is 2.23. The largest absolute Gasteiger partial charge is 0.375 e. The molecule has 1 aromatic rings. The monoisotopic (exact) mass is 256 g/mol. The molecule has 0 aliphatic rings. The van der Waals surface area contributed by atoms with Crippen LogP contribution in [0.5, 0.6) is 0 Å². The van der Waals surface area contributed by atoms with Gasteiger partial charge in [0.15, 0.2) is 0 Å². The van der Waals surface area contributed by atoms with Crippen LogP contribution in [-0.2, 0) is 0 Å². The van der Waals surface area contributed by atoms with E-state index in [4.69, 9.17) is 24.4 Å². The zero-order chi connectivity index (χ0) is 12.3. The van der Waals surface area contributed by atoms with Gasteiger partial charge >= 0.3 is 0 Å². The minimum atomic E-state index is 0.845. The van der Waals surface area contributed by atoms with Crippen molar-refractivity contribution < 1.29 is 0 Å². The number of rotatable bonds is 6. The Morgan fingerprint density at radius 3 is 2.00 bits per heavy atom. The van der Waals surface area contributed by atoms with Crippen molar-refractivity contribution in [3.8, 4) is 0 Å². The first-order chi connectivity index (χ1) is 7.50. The molecule has 1 aromatic carbocycles. The van der Waals surface area contributed by atoms with Gasteiger partial charge in [0.05, 0.1) is 20.4 Å². The molecule has 0 unspecified atom stereocenters. The lowest BCUT2D eigenvalue weighted by Gasteiger charge is -2.28. The van der Waals surface area contributed by atoms with Crippen molar-refractivity contribution in [2.24, 2.45) is 0 Å². The number of hydrogen-bond acceptors (Lipinski definition) is 4. The number of anilines is 2. The van der Waals surface area contributed by atoms with Crippen LogP contribution in [0.4, 0.5) is 11.4 Å². The highest BCUT2D eigenvalue weighted by atomic mass is 32.1. The van der Waals surface area contributed by atoms with Crippen LogP contribution in [0.1, 0.15) is 26.2 Å². The lowest BCUT2D eigenvalue weighted by Crippen LogP contribution is -2.25. The summed E-state index contributed by atoms with van der Waals surface area (Å²) in [5.41, 5.74) is 2.28. The van der Waals surface area contributed by atoms with E-state index in [2.05, 4.69) is 23.8 Å². The second-order valence-electron chi connectivity index (χ2n) is 4.38. The van der Waals surface area contributed by atoms with E-state index in [1.807, 2.05) is 14.1 Å². The minimum absolute atomic E-state index is 0.845. The molecule has 0 atom stereocenters. The first kappa shape index (κ1) is 13.6. The topological polar surface area (TPSA) is 6.48 Å². The summed E-state index contributed by atoms with van der Waals surface area (Å²) in [6.45, 7) is 3.27. The van der Waals surface area contributed by atoms with E-state index in [0.29, 0.717) is 0 Å². The van der Waals surface area contributed by atoms with Crippen LogP contribution in [0.2, 0.25) is 0 Å². The van der Waals surface area contributed by atoms with Gasteiger partial charge in [-0.1, -0.05) is 44.2 Å². The van der Waals surface area contributed by atoms with Gasteiger partial charge in [0.25, 0.3) is 0 Å². The van der Waals surface area contributed by atoms with Crippen molar-refractivity contribution in [3.05, 3.63) is 9.02 Å². The van der Waals surface area contributed by atoms with Gasteiger partial charge in [0, 0.05) is 27.7 Å². The van der Waals surface area contributed by atoms with E-state index in [9.17, 15) is 0 Å². The van der Waals surface area contributed by atoms with E-state index in [1.54, 1.807) is 0 Å². The first-order valence-corrected chi connectivity index (χ1v) is 6.54. The fourth-order valence-corrected chi connectivity index (χ4v) is 2.57. The molecule has 0 radical (unpaired) electrons. The van der Waals surface area contributed by atoms with Gasteiger partial charge < -0.3 is 9.80 Å². The number of unbranched alkanes of at least 4 members (excludes halogenated alkanes) is 2. The van der Waals surface area contributed by atoms with E-state index < -0.39 is 0 Å². The Balaban J connectivity index is 2.76. The van der Waals surface area contributed by atoms with Crippen LogP contribution in [0.25, 0.3) is 0 Å². The van der Waals surface area contributed by atoms with Crippen molar-refractivity contribution >= 4 is 35.8 Å². The molecule has 0 amide bonds. The first-order valence-electron chi connectivity index (χ1n) is 5.72. The highest BCUT2D eigenvalue weighted by Gasteiger charge is 2.19. The maximum absolute atomic E-state index is 5.31. The van der Waals surface area contributed by atoms with Crippen molar-refractivity contribution in [3.63, 3.8) is 0 Å². The van der Waals surface area contributed by atoms with Crippen molar-refractivity contribution in [1.82, 2.24) is 0 Å². The predicted octanol–water partition coefficient (Wildman–Crippen LogP) is 3.71. The molecule has 90 valence electrons. The fourth-order valence-electron chi connectivity index (χ4n) is 1.85. The minimum Gasteiger partial charge on any atom is -0.375 e. The molecule has 0 aromatic heterocycles. The molecule has 0 N–H and O–H groups in total. The zero-order valence-electron chi connectivity index (χ0n) is 10.5. The molecule has 2 nitrogen and oxygen atoms in total. The second-order valence-corrected chi connectivity index (χ2v) is 5.20. The molecule has 0 spiro atoms. The maximum atomic E-state index is 5.31. The molecule has 0 heterocycles. The van der Waals surface area contributed by atoms with E-state index >= 15 is 0 Å². The molecule has 0 bridgehead atoms. The number of hydrogen-bond donors (Lipinski definition) is 0. The average molecular weight is 256 g/mol. The Kier molecular flexibility index (Phi) is 4.87. The third-order valence-corrected chi connectivity index (χ3v) is 3.71. The Morgan fingerprint density at radius 2 is 1.50 bits per heavy atom. The standard InChI is InChI=1S/C12H20N2S2/c1-5-6-7-8-14(4)10-9(13(2)3)11(15)12(10)16/h5-8H2,1-4H3. The summed E-state index contributed by atoms with van der Waals surface area (Å²) in [5.74, 6) is 0. The lowest BCUT2D eigenvalue weighted by atomic mass is 10.1. The van der Waals surface area contributed by atoms with Gasteiger partial charge in [-0.3, -0.25) is 0 Å². The highest BCUT2D eigenvalue weighted by Crippen LogP contribution is 2.37. The van der Waals surface area contributed by atoms with Crippen molar-refractivity contribution in [1.29, 1.82) is 0 Å². The summed E-state index contributed by atoms with van der Waals surface area (Å²) in [7, 11) is 6.13. The molecule has 0 saturated carbocycles. The van der Waals surface area contributed by atoms with Crippen LogP contribution in [0.3, 0.4) is 0 Å². The quantitative estimate of drug-likeness (QED) is 0.565. The van der Waals surface area contributed by atoms with Gasteiger partial charge in [-0.25, -0.2) is 0 Å². The Hall–Kier alpha value is -0.480. The molecule has 0 fully saturated rings. The smallest absolute Gasteiger partial charge is 0.0834 e. The highest BCUT2D eigenvalue weighted by molar-refractivity contribution is 7.74. The van der Waals surface area contributed by atoms with Crippen LogP contribution < -0.4 is 9.80 Å². The third kappa shape index (κ3) is 2.61. The zero-order valence-corrected chi connectivity index (χ0v) is 12.2. The Bertz CT molecular complexity index is 417. The SMILES string of the molecule is CCCCCN(C)c1c(N(C)C)c(=S)c1=S. The molecule has 1 rings (SSSR count).